The lowest BCUT2D eigenvalue weighted by Crippen LogP contribution is -2.52. The zero-order valence-corrected chi connectivity index (χ0v) is 20.9. The van der Waals surface area contributed by atoms with E-state index >= 15 is 0 Å². The van der Waals surface area contributed by atoms with Gasteiger partial charge in [-0.15, -0.1) is 0 Å². The van der Waals surface area contributed by atoms with Crippen molar-refractivity contribution in [1.29, 1.82) is 0 Å². The molecule has 1 atom stereocenters. The summed E-state index contributed by atoms with van der Waals surface area (Å²) in [6.07, 6.45) is 2.84. The molecule has 0 spiro atoms. The van der Waals surface area contributed by atoms with Crippen LogP contribution in [-0.2, 0) is 9.59 Å². The third kappa shape index (κ3) is 7.69. The molecule has 2 amide bonds. The Morgan fingerprint density at radius 2 is 1.76 bits per heavy atom. The third-order valence-corrected chi connectivity index (χ3v) is 7.04. The topological polar surface area (TPSA) is 67.3 Å². The first-order valence-corrected chi connectivity index (χ1v) is 12.3. The number of aliphatic hydroxyl groups excluding tert-OH is 1. The summed E-state index contributed by atoms with van der Waals surface area (Å²) in [4.78, 5) is 33.3. The molecule has 1 aromatic carbocycles. The first-order valence-electron chi connectivity index (χ1n) is 11.6. The van der Waals surface area contributed by atoms with Gasteiger partial charge < -0.3 is 14.9 Å². The van der Waals surface area contributed by atoms with Crippen molar-refractivity contribution >= 4 is 41.1 Å². The van der Waals surface area contributed by atoms with Crippen LogP contribution in [0.1, 0.15) is 25.8 Å². The third-order valence-electron chi connectivity index (χ3n) is 6.30. The fourth-order valence-corrected chi connectivity index (χ4v) is 4.55. The maximum absolute atomic E-state index is 12.6. The maximum Gasteiger partial charge on any atom is 0.246 e. The van der Waals surface area contributed by atoms with Gasteiger partial charge in [0.1, 0.15) is 0 Å². The fourth-order valence-electron chi connectivity index (χ4n) is 4.24. The normalized spacial score (nSPS) is 20.0. The number of nitrogens with zero attached hydrogens (tertiary/aromatic N) is 4. The smallest absolute Gasteiger partial charge is 0.246 e. The first-order chi connectivity index (χ1) is 15.7. The fraction of sp³-hybridized carbons (Fsp3) is 0.583. The van der Waals surface area contributed by atoms with Crippen molar-refractivity contribution in [2.24, 2.45) is 0 Å². The number of benzene rings is 1. The Morgan fingerprint density at radius 1 is 1.03 bits per heavy atom. The lowest BCUT2D eigenvalue weighted by atomic mass is 10.2. The lowest BCUT2D eigenvalue weighted by Gasteiger charge is -2.38. The number of halogens is 2. The molecule has 2 saturated heterocycles. The lowest BCUT2D eigenvalue weighted by molar-refractivity contribution is -0.132. The molecule has 1 unspecified atom stereocenters. The molecule has 0 aliphatic carbocycles. The van der Waals surface area contributed by atoms with Gasteiger partial charge in [0.25, 0.3) is 0 Å². The minimum Gasteiger partial charge on any atom is -0.390 e. The van der Waals surface area contributed by atoms with Crippen LogP contribution in [-0.4, -0.2) is 108 Å². The van der Waals surface area contributed by atoms with Crippen molar-refractivity contribution in [3.63, 3.8) is 0 Å². The van der Waals surface area contributed by atoms with Crippen LogP contribution in [0.2, 0.25) is 10.0 Å². The summed E-state index contributed by atoms with van der Waals surface area (Å²) >= 11 is 12.0. The Morgan fingerprint density at radius 3 is 2.42 bits per heavy atom. The average molecular weight is 497 g/mol. The van der Waals surface area contributed by atoms with Crippen LogP contribution in [0.4, 0.5) is 0 Å². The van der Waals surface area contributed by atoms with E-state index in [0.717, 1.165) is 31.7 Å². The molecule has 0 aromatic heterocycles. The van der Waals surface area contributed by atoms with Crippen molar-refractivity contribution < 1.29 is 14.7 Å². The Balaban J connectivity index is 1.47. The summed E-state index contributed by atoms with van der Waals surface area (Å²) in [5.41, 5.74) is 0.780. The van der Waals surface area contributed by atoms with E-state index in [4.69, 9.17) is 23.2 Å². The van der Waals surface area contributed by atoms with Gasteiger partial charge in [0.15, 0.2) is 0 Å². The van der Waals surface area contributed by atoms with Gasteiger partial charge in [-0.3, -0.25) is 19.4 Å². The van der Waals surface area contributed by atoms with Crippen LogP contribution in [0.25, 0.3) is 6.08 Å². The van der Waals surface area contributed by atoms with Gasteiger partial charge in [0.2, 0.25) is 11.8 Å². The van der Waals surface area contributed by atoms with Crippen molar-refractivity contribution in [3.05, 3.63) is 39.9 Å². The largest absolute Gasteiger partial charge is 0.390 e. The quantitative estimate of drug-likeness (QED) is 0.587. The predicted molar refractivity (Wildman–Crippen MR) is 132 cm³/mol. The Hall–Kier alpha value is -1.64. The SMILES string of the molecule is CC(C)N1CCN(CC(O)CN2CCN(C(=O)C=Cc3ccc(Cl)c(Cl)c3)CCC2=O)CC1. The number of hydrogen-bond donors (Lipinski definition) is 1. The van der Waals surface area contributed by atoms with Gasteiger partial charge >= 0.3 is 0 Å². The number of aliphatic hydroxyl groups is 1. The predicted octanol–water partition coefficient (Wildman–Crippen LogP) is 2.45. The van der Waals surface area contributed by atoms with Gasteiger partial charge in [-0.2, -0.15) is 0 Å². The summed E-state index contributed by atoms with van der Waals surface area (Å²) in [7, 11) is 0. The summed E-state index contributed by atoms with van der Waals surface area (Å²) in [6, 6.07) is 5.71. The van der Waals surface area contributed by atoms with Gasteiger partial charge in [0, 0.05) is 77.4 Å². The molecule has 2 aliphatic heterocycles. The second-order valence-electron chi connectivity index (χ2n) is 9.01. The minimum absolute atomic E-state index is 0.0255. The molecular weight excluding hydrogens is 463 g/mol. The van der Waals surface area contributed by atoms with Crippen molar-refractivity contribution in [1.82, 2.24) is 19.6 Å². The number of β-amino-alcohol motifs (C(OH)–C–C–N with tert-alkyl or cyclic N) is 1. The first kappa shape index (κ1) is 26.0. The number of rotatable bonds is 7. The van der Waals surface area contributed by atoms with Crippen LogP contribution in [0, 0.1) is 0 Å². The van der Waals surface area contributed by atoms with E-state index in [0.29, 0.717) is 48.8 Å². The van der Waals surface area contributed by atoms with Crippen LogP contribution in [0.3, 0.4) is 0 Å². The summed E-state index contributed by atoms with van der Waals surface area (Å²) in [6.45, 7) is 10.3. The van der Waals surface area contributed by atoms with Crippen LogP contribution in [0.15, 0.2) is 24.3 Å². The van der Waals surface area contributed by atoms with Gasteiger partial charge in [-0.05, 0) is 37.6 Å². The molecule has 33 heavy (non-hydrogen) atoms. The molecule has 1 aromatic rings. The molecule has 2 fully saturated rings. The molecule has 0 radical (unpaired) electrons. The average Bonchev–Trinajstić information content (AvgIpc) is 2.96. The van der Waals surface area contributed by atoms with E-state index in [2.05, 4.69) is 23.6 Å². The van der Waals surface area contributed by atoms with E-state index in [1.165, 1.54) is 6.08 Å². The highest BCUT2D eigenvalue weighted by atomic mass is 35.5. The van der Waals surface area contributed by atoms with E-state index in [9.17, 15) is 14.7 Å². The molecule has 2 aliphatic rings. The van der Waals surface area contributed by atoms with Gasteiger partial charge in [-0.25, -0.2) is 0 Å². The Labute approximate surface area is 206 Å². The molecule has 0 bridgehead atoms. The zero-order chi connectivity index (χ0) is 24.0. The second-order valence-corrected chi connectivity index (χ2v) is 9.82. The second kappa shape index (κ2) is 12.2. The van der Waals surface area contributed by atoms with Crippen LogP contribution in [0.5, 0.6) is 0 Å². The maximum atomic E-state index is 12.6. The summed E-state index contributed by atoms with van der Waals surface area (Å²) < 4.78 is 0. The number of amides is 2. The van der Waals surface area contributed by atoms with Crippen LogP contribution < -0.4 is 0 Å². The number of carbonyl (C=O) groups is 2. The van der Waals surface area contributed by atoms with Gasteiger partial charge in [-0.1, -0.05) is 29.3 Å². The minimum atomic E-state index is -0.601. The molecule has 182 valence electrons. The van der Waals surface area contributed by atoms with Crippen molar-refractivity contribution in [2.75, 3.05) is 58.9 Å². The Bertz CT molecular complexity index is 856. The molecular formula is C24H34Cl2N4O3. The molecule has 1 N–H and O–H groups in total. The monoisotopic (exact) mass is 496 g/mol. The van der Waals surface area contributed by atoms with Gasteiger partial charge in [0.05, 0.1) is 16.1 Å². The number of hydrogen-bond acceptors (Lipinski definition) is 5. The van der Waals surface area contributed by atoms with Crippen LogP contribution >= 0.6 is 23.2 Å². The highest BCUT2D eigenvalue weighted by Gasteiger charge is 2.26. The molecule has 2 heterocycles. The van der Waals surface area contributed by atoms with E-state index in [-0.39, 0.29) is 18.2 Å². The highest BCUT2D eigenvalue weighted by molar-refractivity contribution is 6.42. The van der Waals surface area contributed by atoms with Crippen molar-refractivity contribution in [3.8, 4) is 0 Å². The number of piperazine rings is 1. The zero-order valence-electron chi connectivity index (χ0n) is 19.4. The number of carbonyl (C=O) groups excluding carboxylic acids is 2. The molecule has 3 rings (SSSR count). The van der Waals surface area contributed by atoms with Crippen molar-refractivity contribution in [2.45, 2.75) is 32.4 Å². The molecule has 9 heteroatoms. The summed E-state index contributed by atoms with van der Waals surface area (Å²) in [5, 5.41) is 11.5. The standard InChI is InChI=1S/C24H34Cl2N4O3/c1-18(2)28-11-9-27(10-12-28)16-20(31)17-30-14-13-29(8-7-24(30)33)23(32)6-4-19-3-5-21(25)22(26)15-19/h3-6,15,18,20,31H,7-14,16-17H2,1-2H3. The molecule has 7 nitrogen and oxygen atoms in total. The van der Waals surface area contributed by atoms with E-state index in [1.54, 1.807) is 34.1 Å². The van der Waals surface area contributed by atoms with E-state index < -0.39 is 6.10 Å². The highest BCUT2D eigenvalue weighted by Crippen LogP contribution is 2.23. The Kier molecular flexibility index (Phi) is 9.58. The van der Waals surface area contributed by atoms with E-state index in [1.807, 2.05) is 0 Å². The molecule has 0 saturated carbocycles. The summed E-state index contributed by atoms with van der Waals surface area (Å²) in [5.74, 6) is -0.179.